The lowest BCUT2D eigenvalue weighted by Gasteiger charge is -2.38. The molecule has 0 aromatic carbocycles. The predicted molar refractivity (Wildman–Crippen MR) is 97.9 cm³/mol. The minimum atomic E-state index is 0.656. The Morgan fingerprint density at radius 2 is 1.91 bits per heavy atom. The minimum absolute atomic E-state index is 0.656. The second kappa shape index (κ2) is 7.87. The van der Waals surface area contributed by atoms with Gasteiger partial charge >= 0.3 is 0 Å². The van der Waals surface area contributed by atoms with E-state index in [-0.39, 0.29) is 0 Å². The third-order valence-corrected chi connectivity index (χ3v) is 6.44. The molecule has 1 aliphatic carbocycles. The van der Waals surface area contributed by atoms with E-state index in [1.807, 2.05) is 0 Å². The highest BCUT2D eigenvalue weighted by Crippen LogP contribution is 2.47. The molecule has 132 valence electrons. The van der Waals surface area contributed by atoms with E-state index in [1.165, 1.54) is 83.6 Å². The maximum Gasteiger partial charge on any atom is 0.193 e. The zero-order valence-electron chi connectivity index (χ0n) is 15.3. The maximum absolute atomic E-state index is 4.97. The molecular weight excluding hydrogens is 284 g/mol. The normalized spacial score (nSPS) is 25.8. The molecule has 0 amide bonds. The molecule has 4 nitrogen and oxygen atoms in total. The Labute approximate surface area is 142 Å². The fourth-order valence-electron chi connectivity index (χ4n) is 4.57. The molecule has 3 rings (SSSR count). The number of nitrogens with zero attached hydrogens (tertiary/aromatic N) is 3. The van der Waals surface area contributed by atoms with Crippen LogP contribution in [0.3, 0.4) is 0 Å². The van der Waals surface area contributed by atoms with Crippen LogP contribution in [0.25, 0.3) is 0 Å². The van der Waals surface area contributed by atoms with E-state index in [2.05, 4.69) is 29.0 Å². The molecule has 0 atom stereocenters. The van der Waals surface area contributed by atoms with Gasteiger partial charge in [0.15, 0.2) is 5.96 Å². The van der Waals surface area contributed by atoms with Crippen molar-refractivity contribution >= 4 is 5.96 Å². The lowest BCUT2D eigenvalue weighted by molar-refractivity contribution is 0.151. The summed E-state index contributed by atoms with van der Waals surface area (Å²) in [5, 5.41) is 3.53. The number of hydrogen-bond acceptors (Lipinski definition) is 2. The fourth-order valence-corrected chi connectivity index (χ4v) is 4.57. The van der Waals surface area contributed by atoms with Crippen LogP contribution in [-0.2, 0) is 0 Å². The molecule has 3 aliphatic rings. The summed E-state index contributed by atoms with van der Waals surface area (Å²) in [5.41, 5.74) is 0.656. The van der Waals surface area contributed by atoms with Gasteiger partial charge in [-0.15, -0.1) is 0 Å². The fraction of sp³-hybridized carbons (Fsp3) is 0.947. The summed E-state index contributed by atoms with van der Waals surface area (Å²) < 4.78 is 0. The topological polar surface area (TPSA) is 30.9 Å². The first-order valence-electron chi connectivity index (χ1n) is 10.0. The van der Waals surface area contributed by atoms with Gasteiger partial charge in [-0.3, -0.25) is 4.99 Å². The SMILES string of the molecule is CCNC(=NCCC1CCN(CC)CC1)N1CCC2(CCC2)C1. The second-order valence-corrected chi connectivity index (χ2v) is 7.93. The van der Waals surface area contributed by atoms with Gasteiger partial charge in [0.25, 0.3) is 0 Å². The first-order chi connectivity index (χ1) is 11.2. The van der Waals surface area contributed by atoms with Crippen molar-refractivity contribution in [2.45, 2.75) is 58.8 Å². The highest BCUT2D eigenvalue weighted by Gasteiger charge is 2.43. The van der Waals surface area contributed by atoms with E-state index in [1.54, 1.807) is 0 Å². The Morgan fingerprint density at radius 3 is 2.48 bits per heavy atom. The Hall–Kier alpha value is -0.770. The van der Waals surface area contributed by atoms with Crippen molar-refractivity contribution in [3.05, 3.63) is 0 Å². The zero-order chi connectivity index (χ0) is 16.1. The number of hydrogen-bond donors (Lipinski definition) is 1. The lowest BCUT2D eigenvalue weighted by Crippen LogP contribution is -2.42. The van der Waals surface area contributed by atoms with Crippen LogP contribution in [0.5, 0.6) is 0 Å². The van der Waals surface area contributed by atoms with Crippen LogP contribution in [0.2, 0.25) is 0 Å². The van der Waals surface area contributed by atoms with Crippen molar-refractivity contribution in [1.29, 1.82) is 0 Å². The minimum Gasteiger partial charge on any atom is -0.357 e. The molecule has 0 radical (unpaired) electrons. The highest BCUT2D eigenvalue weighted by molar-refractivity contribution is 5.80. The Kier molecular flexibility index (Phi) is 5.84. The number of nitrogens with one attached hydrogen (secondary N) is 1. The third-order valence-electron chi connectivity index (χ3n) is 6.44. The van der Waals surface area contributed by atoms with Gasteiger partial charge in [-0.2, -0.15) is 0 Å². The Bertz CT molecular complexity index is 394. The van der Waals surface area contributed by atoms with Crippen LogP contribution in [-0.4, -0.2) is 61.6 Å². The summed E-state index contributed by atoms with van der Waals surface area (Å²) in [4.78, 5) is 10.1. The van der Waals surface area contributed by atoms with Crippen LogP contribution in [0.15, 0.2) is 4.99 Å². The van der Waals surface area contributed by atoms with Gasteiger partial charge in [-0.1, -0.05) is 13.3 Å². The quantitative estimate of drug-likeness (QED) is 0.624. The van der Waals surface area contributed by atoms with Crippen molar-refractivity contribution in [2.24, 2.45) is 16.3 Å². The standard InChI is InChI=1S/C19H36N4/c1-3-20-18(23-15-11-19(16-23)9-5-10-19)21-12-6-17-7-13-22(4-2)14-8-17/h17H,3-16H2,1-2H3,(H,20,21). The predicted octanol–water partition coefficient (Wildman–Crippen LogP) is 2.95. The molecule has 1 spiro atoms. The van der Waals surface area contributed by atoms with Crippen LogP contribution < -0.4 is 5.32 Å². The molecule has 2 heterocycles. The van der Waals surface area contributed by atoms with Gasteiger partial charge in [-0.05, 0) is 76.4 Å². The van der Waals surface area contributed by atoms with Gasteiger partial charge < -0.3 is 15.1 Å². The van der Waals surface area contributed by atoms with Crippen LogP contribution in [0.4, 0.5) is 0 Å². The van der Waals surface area contributed by atoms with E-state index in [9.17, 15) is 0 Å². The molecule has 4 heteroatoms. The van der Waals surface area contributed by atoms with Crippen LogP contribution >= 0.6 is 0 Å². The van der Waals surface area contributed by atoms with Crippen molar-refractivity contribution < 1.29 is 0 Å². The molecule has 0 bridgehead atoms. The van der Waals surface area contributed by atoms with E-state index in [0.717, 1.165) is 19.0 Å². The maximum atomic E-state index is 4.97. The molecule has 1 saturated carbocycles. The number of guanidine groups is 1. The smallest absolute Gasteiger partial charge is 0.193 e. The Balaban J connectivity index is 1.45. The average Bonchev–Trinajstić information content (AvgIpc) is 3.00. The van der Waals surface area contributed by atoms with Crippen LogP contribution in [0, 0.1) is 11.3 Å². The summed E-state index contributed by atoms with van der Waals surface area (Å²) in [6.45, 7) is 12.7. The number of piperidine rings is 1. The summed E-state index contributed by atoms with van der Waals surface area (Å²) in [7, 11) is 0. The van der Waals surface area contributed by atoms with Crippen molar-refractivity contribution in [1.82, 2.24) is 15.1 Å². The van der Waals surface area contributed by atoms with Crippen molar-refractivity contribution in [3.8, 4) is 0 Å². The molecule has 1 N–H and O–H groups in total. The largest absolute Gasteiger partial charge is 0.357 e. The lowest BCUT2D eigenvalue weighted by atomic mass is 9.68. The first-order valence-corrected chi connectivity index (χ1v) is 10.0. The molecule has 0 unspecified atom stereocenters. The summed E-state index contributed by atoms with van der Waals surface area (Å²) in [6.07, 6.45) is 9.72. The van der Waals surface area contributed by atoms with Gasteiger partial charge in [0, 0.05) is 26.2 Å². The van der Waals surface area contributed by atoms with Crippen molar-refractivity contribution in [2.75, 3.05) is 45.8 Å². The highest BCUT2D eigenvalue weighted by atomic mass is 15.3. The summed E-state index contributed by atoms with van der Waals surface area (Å²) in [6, 6.07) is 0. The molecule has 0 aromatic rings. The molecule has 23 heavy (non-hydrogen) atoms. The summed E-state index contributed by atoms with van der Waals surface area (Å²) in [5.74, 6) is 2.07. The Morgan fingerprint density at radius 1 is 1.13 bits per heavy atom. The zero-order valence-corrected chi connectivity index (χ0v) is 15.3. The monoisotopic (exact) mass is 320 g/mol. The van der Waals surface area contributed by atoms with E-state index >= 15 is 0 Å². The molecule has 2 saturated heterocycles. The van der Waals surface area contributed by atoms with E-state index in [4.69, 9.17) is 4.99 Å². The number of rotatable bonds is 5. The molecule has 0 aromatic heterocycles. The average molecular weight is 321 g/mol. The van der Waals surface area contributed by atoms with E-state index < -0.39 is 0 Å². The molecular formula is C19H36N4. The molecule has 3 fully saturated rings. The van der Waals surface area contributed by atoms with Crippen molar-refractivity contribution in [3.63, 3.8) is 0 Å². The third kappa shape index (κ3) is 4.20. The molecule has 2 aliphatic heterocycles. The first kappa shape index (κ1) is 17.1. The van der Waals surface area contributed by atoms with E-state index in [0.29, 0.717) is 5.41 Å². The van der Waals surface area contributed by atoms with Gasteiger partial charge in [-0.25, -0.2) is 0 Å². The second-order valence-electron chi connectivity index (χ2n) is 7.93. The number of likely N-dealkylation sites (tertiary alicyclic amines) is 2. The number of aliphatic imine (C=N–C) groups is 1. The van der Waals surface area contributed by atoms with Gasteiger partial charge in [0.1, 0.15) is 0 Å². The van der Waals surface area contributed by atoms with Crippen LogP contribution in [0.1, 0.15) is 58.8 Å². The van der Waals surface area contributed by atoms with Gasteiger partial charge in [0.2, 0.25) is 0 Å². The summed E-state index contributed by atoms with van der Waals surface area (Å²) >= 11 is 0. The van der Waals surface area contributed by atoms with Gasteiger partial charge in [0.05, 0.1) is 0 Å².